The quantitative estimate of drug-likeness (QED) is 0.658. The lowest BCUT2D eigenvalue weighted by Crippen LogP contribution is -1.67. The van der Waals surface area contributed by atoms with Crippen LogP contribution in [0.1, 0.15) is 0 Å². The predicted octanol–water partition coefficient (Wildman–Crippen LogP) is 2.01. The van der Waals surface area contributed by atoms with Crippen LogP contribution in [0.2, 0.25) is 5.02 Å². The van der Waals surface area contributed by atoms with Crippen molar-refractivity contribution in [2.75, 3.05) is 14.2 Å². The van der Waals surface area contributed by atoms with Gasteiger partial charge in [0.05, 0.1) is 0 Å². The zero-order chi connectivity index (χ0) is 9.56. The normalized spacial score (nSPS) is 8.58. The summed E-state index contributed by atoms with van der Waals surface area (Å²) in [6, 6.07) is 4.32. The second-order valence-corrected chi connectivity index (χ2v) is 2.40. The van der Waals surface area contributed by atoms with Crippen molar-refractivity contribution < 1.29 is 14.9 Å². The molecule has 0 radical (unpaired) electrons. The fourth-order valence-corrected chi connectivity index (χ4v) is 0.634. The van der Waals surface area contributed by atoms with Crippen molar-refractivity contribution in [1.82, 2.24) is 0 Å². The Balaban J connectivity index is 0.000000354. The molecule has 0 amide bonds. The molecule has 0 saturated heterocycles. The standard InChI is InChI=1S/C6H5ClO2.C2H6O/c7-6-4(8)2-1-3-5(6)9;1-3-2/h1-3,8-9H;1-2H3. The summed E-state index contributed by atoms with van der Waals surface area (Å²) in [5.74, 6) is -0.201. The van der Waals surface area contributed by atoms with Crippen molar-refractivity contribution in [3.05, 3.63) is 23.2 Å². The fourth-order valence-electron chi connectivity index (χ4n) is 0.508. The maximum Gasteiger partial charge on any atom is 0.137 e. The van der Waals surface area contributed by atoms with Crippen molar-refractivity contribution in [2.45, 2.75) is 0 Å². The van der Waals surface area contributed by atoms with Crippen LogP contribution in [0.5, 0.6) is 11.5 Å². The van der Waals surface area contributed by atoms with Gasteiger partial charge in [0.25, 0.3) is 0 Å². The first kappa shape index (κ1) is 11.1. The van der Waals surface area contributed by atoms with Gasteiger partial charge in [-0.1, -0.05) is 17.7 Å². The number of hydrogen-bond donors (Lipinski definition) is 2. The maximum absolute atomic E-state index is 8.81. The average molecular weight is 191 g/mol. The summed E-state index contributed by atoms with van der Waals surface area (Å²) in [6.07, 6.45) is 0. The van der Waals surface area contributed by atoms with Crippen LogP contribution in [0, 0.1) is 0 Å². The Labute approximate surface area is 76.2 Å². The summed E-state index contributed by atoms with van der Waals surface area (Å²) in [4.78, 5) is 0. The van der Waals surface area contributed by atoms with Crippen LogP contribution in [0.15, 0.2) is 18.2 Å². The second kappa shape index (κ2) is 5.69. The highest BCUT2D eigenvalue weighted by Gasteiger charge is 2.00. The van der Waals surface area contributed by atoms with E-state index >= 15 is 0 Å². The first-order valence-electron chi connectivity index (χ1n) is 3.20. The molecule has 0 fully saturated rings. The average Bonchev–Trinajstić information content (AvgIpc) is 2.02. The molecule has 1 aromatic carbocycles. The molecule has 0 heterocycles. The number of aromatic hydroxyl groups is 2. The van der Waals surface area contributed by atoms with E-state index in [9.17, 15) is 0 Å². The predicted molar refractivity (Wildman–Crippen MR) is 47.7 cm³/mol. The Morgan fingerprint density at radius 1 is 1.17 bits per heavy atom. The number of benzene rings is 1. The summed E-state index contributed by atoms with van der Waals surface area (Å²) in [5, 5.41) is 17.6. The first-order valence-corrected chi connectivity index (χ1v) is 3.57. The van der Waals surface area contributed by atoms with Gasteiger partial charge in [0.1, 0.15) is 16.5 Å². The second-order valence-electron chi connectivity index (χ2n) is 2.02. The molecule has 0 aliphatic carbocycles. The number of methoxy groups -OCH3 is 1. The van der Waals surface area contributed by atoms with Gasteiger partial charge < -0.3 is 14.9 Å². The van der Waals surface area contributed by atoms with E-state index in [1.165, 1.54) is 18.2 Å². The van der Waals surface area contributed by atoms with Crippen molar-refractivity contribution >= 4 is 11.6 Å². The largest absolute Gasteiger partial charge is 0.506 e. The summed E-state index contributed by atoms with van der Waals surface area (Å²) in [5.41, 5.74) is 0. The third-order valence-electron chi connectivity index (χ3n) is 0.958. The van der Waals surface area contributed by atoms with Gasteiger partial charge in [-0.3, -0.25) is 0 Å². The zero-order valence-electron chi connectivity index (χ0n) is 6.91. The van der Waals surface area contributed by atoms with Gasteiger partial charge in [0.15, 0.2) is 0 Å². The van der Waals surface area contributed by atoms with Crippen molar-refractivity contribution in [2.24, 2.45) is 0 Å². The van der Waals surface area contributed by atoms with Crippen LogP contribution in [-0.2, 0) is 4.74 Å². The van der Waals surface area contributed by atoms with Crippen LogP contribution in [0.25, 0.3) is 0 Å². The maximum atomic E-state index is 8.81. The molecule has 0 aliphatic rings. The minimum atomic E-state index is -0.100. The first-order chi connectivity index (χ1) is 5.63. The summed E-state index contributed by atoms with van der Waals surface area (Å²) in [7, 11) is 3.25. The van der Waals surface area contributed by atoms with Gasteiger partial charge in [-0.15, -0.1) is 0 Å². The number of hydrogen-bond acceptors (Lipinski definition) is 3. The minimum absolute atomic E-state index is 0.00231. The van der Waals surface area contributed by atoms with Gasteiger partial charge in [0, 0.05) is 14.2 Å². The molecular weight excluding hydrogens is 180 g/mol. The molecule has 1 aromatic rings. The van der Waals surface area contributed by atoms with Gasteiger partial charge in [-0.25, -0.2) is 0 Å². The van der Waals surface area contributed by atoms with Gasteiger partial charge >= 0.3 is 0 Å². The molecule has 12 heavy (non-hydrogen) atoms. The molecule has 0 atom stereocenters. The van der Waals surface area contributed by atoms with Crippen molar-refractivity contribution in [1.29, 1.82) is 0 Å². The van der Waals surface area contributed by atoms with E-state index in [2.05, 4.69) is 4.74 Å². The topological polar surface area (TPSA) is 49.7 Å². The van der Waals surface area contributed by atoms with E-state index in [1.807, 2.05) is 0 Å². The van der Waals surface area contributed by atoms with Gasteiger partial charge in [0.2, 0.25) is 0 Å². The Morgan fingerprint density at radius 3 is 1.75 bits per heavy atom. The molecule has 0 spiro atoms. The van der Waals surface area contributed by atoms with Crippen LogP contribution in [0.3, 0.4) is 0 Å². The van der Waals surface area contributed by atoms with E-state index in [1.54, 1.807) is 14.2 Å². The minimum Gasteiger partial charge on any atom is -0.506 e. The summed E-state index contributed by atoms with van der Waals surface area (Å²) < 4.78 is 4.25. The molecular formula is C8H11ClO3. The highest BCUT2D eigenvalue weighted by molar-refractivity contribution is 6.33. The lowest BCUT2D eigenvalue weighted by Gasteiger charge is -1.95. The van der Waals surface area contributed by atoms with E-state index in [-0.39, 0.29) is 16.5 Å². The molecule has 68 valence electrons. The van der Waals surface area contributed by atoms with Crippen LogP contribution < -0.4 is 0 Å². The van der Waals surface area contributed by atoms with Crippen molar-refractivity contribution in [3.8, 4) is 11.5 Å². The van der Waals surface area contributed by atoms with Crippen LogP contribution in [0.4, 0.5) is 0 Å². The third kappa shape index (κ3) is 3.46. The van der Waals surface area contributed by atoms with Crippen LogP contribution >= 0.6 is 11.6 Å². The molecule has 0 aromatic heterocycles. The number of ether oxygens (including phenoxy) is 1. The molecule has 4 heteroatoms. The highest BCUT2D eigenvalue weighted by atomic mass is 35.5. The Hall–Kier alpha value is -0.930. The lowest BCUT2D eigenvalue weighted by molar-refractivity contribution is 0.277. The number of halogens is 1. The molecule has 2 N–H and O–H groups in total. The van der Waals surface area contributed by atoms with E-state index in [4.69, 9.17) is 21.8 Å². The SMILES string of the molecule is COC.Oc1cccc(O)c1Cl. The monoisotopic (exact) mass is 190 g/mol. The zero-order valence-corrected chi connectivity index (χ0v) is 7.67. The van der Waals surface area contributed by atoms with E-state index in [0.29, 0.717) is 0 Å². The van der Waals surface area contributed by atoms with E-state index in [0.717, 1.165) is 0 Å². The Morgan fingerprint density at radius 2 is 1.50 bits per heavy atom. The molecule has 3 nitrogen and oxygen atoms in total. The Bertz CT molecular complexity index is 217. The Kier molecular flexibility index (Phi) is 5.25. The molecule has 0 bridgehead atoms. The fraction of sp³-hybridized carbons (Fsp3) is 0.250. The molecule has 0 aliphatic heterocycles. The molecule has 0 unspecified atom stereocenters. The number of phenolic OH excluding ortho intramolecular Hbond substituents is 2. The molecule has 1 rings (SSSR count). The van der Waals surface area contributed by atoms with E-state index < -0.39 is 0 Å². The summed E-state index contributed by atoms with van der Waals surface area (Å²) >= 11 is 5.38. The third-order valence-corrected chi connectivity index (χ3v) is 1.35. The van der Waals surface area contributed by atoms with Crippen molar-refractivity contribution in [3.63, 3.8) is 0 Å². The van der Waals surface area contributed by atoms with Gasteiger partial charge in [-0.05, 0) is 12.1 Å². The van der Waals surface area contributed by atoms with Crippen LogP contribution in [-0.4, -0.2) is 24.4 Å². The smallest absolute Gasteiger partial charge is 0.137 e. The lowest BCUT2D eigenvalue weighted by atomic mass is 10.3. The van der Waals surface area contributed by atoms with Gasteiger partial charge in [-0.2, -0.15) is 0 Å². The summed E-state index contributed by atoms with van der Waals surface area (Å²) in [6.45, 7) is 0. The molecule has 0 saturated carbocycles. The highest BCUT2D eigenvalue weighted by Crippen LogP contribution is 2.30. The number of phenols is 2. The number of rotatable bonds is 0.